The summed E-state index contributed by atoms with van der Waals surface area (Å²) in [6.45, 7) is 4.45. The number of rotatable bonds is 7. The van der Waals surface area contributed by atoms with Crippen molar-refractivity contribution >= 4 is 29.1 Å². The van der Waals surface area contributed by atoms with E-state index >= 15 is 0 Å². The summed E-state index contributed by atoms with van der Waals surface area (Å²) in [6, 6.07) is 11.8. The van der Waals surface area contributed by atoms with Gasteiger partial charge in [0.25, 0.3) is 0 Å². The molecule has 172 valence electrons. The number of carbonyl (C=O) groups excluding carboxylic acids is 2. The molecule has 0 radical (unpaired) electrons. The van der Waals surface area contributed by atoms with Gasteiger partial charge in [-0.3, -0.25) is 9.59 Å². The second-order valence-electron chi connectivity index (χ2n) is 8.10. The summed E-state index contributed by atoms with van der Waals surface area (Å²) < 4.78 is 20.2. The standard InChI is InChI=1S/C24H24ClFN4O3/c1-3-10-29(14-21-27-28-23(33-21)17-6-4-5-7-18(17)25)24(32)16-12-22(31)30(13-16)20-9-8-15(2)11-19(20)26/h4-9,11,16H,3,10,12-14H2,1-2H3. The van der Waals surface area contributed by atoms with Crippen molar-refractivity contribution in [2.75, 3.05) is 18.0 Å². The molecule has 3 aromatic rings. The van der Waals surface area contributed by atoms with Crippen molar-refractivity contribution in [2.45, 2.75) is 33.2 Å². The Kier molecular flexibility index (Phi) is 6.74. The first-order valence-electron chi connectivity index (χ1n) is 10.8. The molecule has 1 aliphatic heterocycles. The van der Waals surface area contributed by atoms with Crippen molar-refractivity contribution in [2.24, 2.45) is 5.92 Å². The summed E-state index contributed by atoms with van der Waals surface area (Å²) in [6.07, 6.45) is 0.745. The summed E-state index contributed by atoms with van der Waals surface area (Å²) in [5, 5.41) is 8.61. The van der Waals surface area contributed by atoms with Gasteiger partial charge in [0.1, 0.15) is 5.82 Å². The van der Waals surface area contributed by atoms with Gasteiger partial charge >= 0.3 is 0 Å². The second kappa shape index (κ2) is 9.70. The van der Waals surface area contributed by atoms with Gasteiger partial charge in [0, 0.05) is 19.5 Å². The number of hydrogen-bond acceptors (Lipinski definition) is 5. The molecule has 2 amide bonds. The summed E-state index contributed by atoms with van der Waals surface area (Å²) in [5.74, 6) is -0.964. The average Bonchev–Trinajstić information content (AvgIpc) is 3.40. The van der Waals surface area contributed by atoms with E-state index in [-0.39, 0.29) is 48.8 Å². The first kappa shape index (κ1) is 22.9. The van der Waals surface area contributed by atoms with Gasteiger partial charge in [-0.25, -0.2) is 4.39 Å². The van der Waals surface area contributed by atoms with Crippen LogP contribution in [-0.2, 0) is 16.1 Å². The van der Waals surface area contributed by atoms with Crippen molar-refractivity contribution in [1.29, 1.82) is 0 Å². The monoisotopic (exact) mass is 470 g/mol. The number of nitrogens with zero attached hydrogens (tertiary/aromatic N) is 4. The third-order valence-corrected chi connectivity index (χ3v) is 5.90. The van der Waals surface area contributed by atoms with Crippen LogP contribution in [0.15, 0.2) is 46.9 Å². The molecule has 9 heteroatoms. The maximum atomic E-state index is 14.4. The maximum Gasteiger partial charge on any atom is 0.249 e. The molecule has 33 heavy (non-hydrogen) atoms. The van der Waals surface area contributed by atoms with Crippen LogP contribution in [0.5, 0.6) is 0 Å². The number of halogens is 2. The quantitative estimate of drug-likeness (QED) is 0.503. The third-order valence-electron chi connectivity index (χ3n) is 5.57. The number of benzene rings is 2. The van der Waals surface area contributed by atoms with Gasteiger partial charge in [-0.2, -0.15) is 0 Å². The third kappa shape index (κ3) is 4.90. The molecule has 0 N–H and O–H groups in total. The molecule has 2 aromatic carbocycles. The largest absolute Gasteiger partial charge is 0.419 e. The van der Waals surface area contributed by atoms with Gasteiger partial charge in [0.2, 0.25) is 23.6 Å². The molecule has 0 saturated carbocycles. The minimum Gasteiger partial charge on any atom is -0.419 e. The Morgan fingerprint density at radius 3 is 2.79 bits per heavy atom. The Labute approximate surface area is 196 Å². The Balaban J connectivity index is 1.49. The van der Waals surface area contributed by atoms with Crippen LogP contribution < -0.4 is 4.90 Å². The molecule has 1 fully saturated rings. The number of anilines is 1. The van der Waals surface area contributed by atoms with Crippen LogP contribution >= 0.6 is 11.6 Å². The van der Waals surface area contributed by atoms with Crippen LogP contribution in [0.1, 0.15) is 31.2 Å². The van der Waals surface area contributed by atoms with E-state index in [0.717, 1.165) is 5.56 Å². The zero-order chi connectivity index (χ0) is 23.5. The van der Waals surface area contributed by atoms with E-state index in [9.17, 15) is 14.0 Å². The van der Waals surface area contributed by atoms with Gasteiger partial charge < -0.3 is 14.2 Å². The number of carbonyl (C=O) groups is 2. The predicted molar refractivity (Wildman–Crippen MR) is 122 cm³/mol. The van der Waals surface area contributed by atoms with Crippen molar-refractivity contribution < 1.29 is 18.4 Å². The number of amides is 2. The molecule has 7 nitrogen and oxygen atoms in total. The molecule has 1 aliphatic rings. The number of aryl methyl sites for hydroxylation is 1. The van der Waals surface area contributed by atoms with Gasteiger partial charge in [-0.1, -0.05) is 36.7 Å². The first-order valence-corrected chi connectivity index (χ1v) is 11.2. The predicted octanol–water partition coefficient (Wildman–Crippen LogP) is 4.63. The van der Waals surface area contributed by atoms with Crippen LogP contribution in [0, 0.1) is 18.7 Å². The minimum absolute atomic E-state index is 0.0288. The lowest BCUT2D eigenvalue weighted by Gasteiger charge is -2.24. The van der Waals surface area contributed by atoms with Crippen LogP contribution in [-0.4, -0.2) is 40.0 Å². The highest BCUT2D eigenvalue weighted by atomic mass is 35.5. The molecule has 1 unspecified atom stereocenters. The fraction of sp³-hybridized carbons (Fsp3) is 0.333. The molecule has 1 saturated heterocycles. The van der Waals surface area contributed by atoms with E-state index < -0.39 is 11.7 Å². The fourth-order valence-corrected chi connectivity index (χ4v) is 4.17. The SMILES string of the molecule is CCCN(Cc1nnc(-c2ccccc2Cl)o1)C(=O)C1CC(=O)N(c2ccc(C)cc2F)C1. The van der Waals surface area contributed by atoms with E-state index in [1.54, 1.807) is 42.2 Å². The van der Waals surface area contributed by atoms with Crippen molar-refractivity contribution in [3.8, 4) is 11.5 Å². The van der Waals surface area contributed by atoms with Crippen molar-refractivity contribution in [1.82, 2.24) is 15.1 Å². The molecular weight excluding hydrogens is 447 g/mol. The highest BCUT2D eigenvalue weighted by Gasteiger charge is 2.38. The fourth-order valence-electron chi connectivity index (χ4n) is 3.96. The van der Waals surface area contributed by atoms with Gasteiger partial charge in [0.05, 0.1) is 28.7 Å². The molecule has 0 aliphatic carbocycles. The minimum atomic E-state index is -0.573. The van der Waals surface area contributed by atoms with Crippen molar-refractivity contribution in [3.05, 3.63) is 64.8 Å². The first-order chi connectivity index (χ1) is 15.9. The number of aromatic nitrogens is 2. The van der Waals surface area contributed by atoms with E-state index in [4.69, 9.17) is 16.0 Å². The zero-order valence-electron chi connectivity index (χ0n) is 18.4. The maximum absolute atomic E-state index is 14.4. The highest BCUT2D eigenvalue weighted by Crippen LogP contribution is 2.30. The van der Waals surface area contributed by atoms with Crippen LogP contribution in [0.3, 0.4) is 0 Å². The summed E-state index contributed by atoms with van der Waals surface area (Å²) in [7, 11) is 0. The van der Waals surface area contributed by atoms with E-state index in [0.29, 0.717) is 23.6 Å². The Bertz CT molecular complexity index is 1180. The Morgan fingerprint density at radius 2 is 2.06 bits per heavy atom. The molecule has 1 atom stereocenters. The van der Waals surface area contributed by atoms with E-state index in [1.165, 1.54) is 11.0 Å². The molecule has 1 aromatic heterocycles. The highest BCUT2D eigenvalue weighted by molar-refractivity contribution is 6.33. The average molecular weight is 471 g/mol. The van der Waals surface area contributed by atoms with E-state index in [2.05, 4.69) is 10.2 Å². The van der Waals surface area contributed by atoms with Crippen LogP contribution in [0.25, 0.3) is 11.5 Å². The topological polar surface area (TPSA) is 79.5 Å². The van der Waals surface area contributed by atoms with Crippen LogP contribution in [0.4, 0.5) is 10.1 Å². The van der Waals surface area contributed by atoms with Crippen molar-refractivity contribution in [3.63, 3.8) is 0 Å². The summed E-state index contributed by atoms with van der Waals surface area (Å²) >= 11 is 6.20. The number of hydrogen-bond donors (Lipinski definition) is 0. The lowest BCUT2D eigenvalue weighted by Crippen LogP contribution is -2.37. The van der Waals surface area contributed by atoms with Gasteiger partial charge in [-0.15, -0.1) is 10.2 Å². The Hall–Kier alpha value is -3.26. The van der Waals surface area contributed by atoms with E-state index in [1.807, 2.05) is 13.0 Å². The molecule has 0 spiro atoms. The molecule has 0 bridgehead atoms. The van der Waals surface area contributed by atoms with Gasteiger partial charge in [0.15, 0.2) is 0 Å². The smallest absolute Gasteiger partial charge is 0.249 e. The lowest BCUT2D eigenvalue weighted by atomic mass is 10.1. The van der Waals surface area contributed by atoms with Crippen LogP contribution in [0.2, 0.25) is 5.02 Å². The summed E-state index contributed by atoms with van der Waals surface area (Å²) in [4.78, 5) is 28.8. The second-order valence-corrected chi connectivity index (χ2v) is 8.51. The molecule has 2 heterocycles. The zero-order valence-corrected chi connectivity index (χ0v) is 19.2. The Morgan fingerprint density at radius 1 is 1.27 bits per heavy atom. The molecular formula is C24H24ClFN4O3. The normalized spacial score (nSPS) is 15.8. The lowest BCUT2D eigenvalue weighted by molar-refractivity contribution is -0.136. The summed E-state index contributed by atoms with van der Waals surface area (Å²) in [5.41, 5.74) is 1.58. The molecule has 4 rings (SSSR count). The van der Waals surface area contributed by atoms with Gasteiger partial charge in [-0.05, 0) is 43.2 Å².